The lowest BCUT2D eigenvalue weighted by molar-refractivity contribution is -0.143. The predicted molar refractivity (Wildman–Crippen MR) is 90.3 cm³/mol. The smallest absolute Gasteiger partial charge is 0.317 e. The van der Waals surface area contributed by atoms with Crippen LogP contribution in [0.2, 0.25) is 0 Å². The van der Waals surface area contributed by atoms with Gasteiger partial charge in [0.1, 0.15) is 17.2 Å². The topological polar surface area (TPSA) is 97.3 Å². The van der Waals surface area contributed by atoms with Crippen molar-refractivity contribution in [3.8, 4) is 17.2 Å². The number of piperidine rings is 1. The molecule has 8 heteroatoms. The highest BCUT2D eigenvalue weighted by Gasteiger charge is 2.28. The van der Waals surface area contributed by atoms with Gasteiger partial charge in [0.25, 0.3) is 0 Å². The van der Waals surface area contributed by atoms with Gasteiger partial charge < -0.3 is 29.5 Å². The number of nitrogens with zero attached hydrogens (tertiary/aromatic N) is 1. The number of hydrogen-bond acceptors (Lipinski definition) is 5. The maximum atomic E-state index is 12.4. The molecule has 1 aromatic rings. The number of ether oxygens (including phenoxy) is 3. The number of urea groups is 1. The number of aliphatic carboxylic acids is 1. The fourth-order valence-electron chi connectivity index (χ4n) is 2.89. The maximum Gasteiger partial charge on any atom is 0.317 e. The minimum absolute atomic E-state index is 0.198. The SMILES string of the molecule is COc1cc(OC)c(CNC(=O)N2CCCC(C(=O)O)C2)c(OC)c1. The van der Waals surface area contributed by atoms with E-state index in [1.807, 2.05) is 0 Å². The number of benzene rings is 1. The first-order valence-corrected chi connectivity index (χ1v) is 8.04. The van der Waals surface area contributed by atoms with E-state index in [-0.39, 0.29) is 19.1 Å². The summed E-state index contributed by atoms with van der Waals surface area (Å²) in [5.74, 6) is 0.293. The lowest BCUT2D eigenvalue weighted by Crippen LogP contribution is -2.46. The Morgan fingerprint density at radius 3 is 2.36 bits per heavy atom. The molecule has 0 saturated carbocycles. The molecule has 1 heterocycles. The normalized spacial score (nSPS) is 16.9. The van der Waals surface area contributed by atoms with Gasteiger partial charge in [-0.05, 0) is 12.8 Å². The van der Waals surface area contributed by atoms with Gasteiger partial charge in [-0.25, -0.2) is 4.79 Å². The Kier molecular flexibility index (Phi) is 6.32. The highest BCUT2D eigenvalue weighted by Crippen LogP contribution is 2.33. The van der Waals surface area contributed by atoms with Crippen LogP contribution in [0.25, 0.3) is 0 Å². The summed E-state index contributed by atoms with van der Waals surface area (Å²) in [5, 5.41) is 11.9. The average Bonchev–Trinajstić information content (AvgIpc) is 2.65. The second kappa shape index (κ2) is 8.46. The highest BCUT2D eigenvalue weighted by atomic mass is 16.5. The summed E-state index contributed by atoms with van der Waals surface area (Å²) in [6.07, 6.45) is 1.28. The van der Waals surface area contributed by atoms with Gasteiger partial charge in [0, 0.05) is 25.2 Å². The van der Waals surface area contributed by atoms with Crippen molar-refractivity contribution < 1.29 is 28.9 Å². The Morgan fingerprint density at radius 2 is 1.84 bits per heavy atom. The van der Waals surface area contributed by atoms with Gasteiger partial charge in [0.05, 0.1) is 39.4 Å². The molecule has 1 aliphatic heterocycles. The second-order valence-electron chi connectivity index (χ2n) is 5.79. The van der Waals surface area contributed by atoms with E-state index >= 15 is 0 Å². The minimum Gasteiger partial charge on any atom is -0.496 e. The van der Waals surface area contributed by atoms with Crippen LogP contribution in [0.15, 0.2) is 12.1 Å². The van der Waals surface area contributed by atoms with Crippen LogP contribution >= 0.6 is 0 Å². The van der Waals surface area contributed by atoms with E-state index in [1.54, 1.807) is 19.2 Å². The highest BCUT2D eigenvalue weighted by molar-refractivity contribution is 5.76. The van der Waals surface area contributed by atoms with Crippen molar-refractivity contribution in [1.82, 2.24) is 10.2 Å². The number of nitrogens with one attached hydrogen (secondary N) is 1. The van der Waals surface area contributed by atoms with Gasteiger partial charge in [-0.3, -0.25) is 4.79 Å². The molecule has 25 heavy (non-hydrogen) atoms. The number of carbonyl (C=O) groups is 2. The van der Waals surface area contributed by atoms with Crippen molar-refractivity contribution in [1.29, 1.82) is 0 Å². The number of carbonyl (C=O) groups excluding carboxylic acids is 1. The largest absolute Gasteiger partial charge is 0.496 e. The number of rotatable bonds is 6. The molecule has 1 aromatic carbocycles. The fourth-order valence-corrected chi connectivity index (χ4v) is 2.89. The average molecular weight is 352 g/mol. The standard InChI is InChI=1S/C17H24N2O6/c1-23-12-7-14(24-2)13(15(8-12)25-3)9-18-17(22)19-6-4-5-11(10-19)16(20)21/h7-8,11H,4-6,9-10H2,1-3H3,(H,18,22)(H,20,21). The van der Waals surface area contributed by atoms with Crippen molar-refractivity contribution in [2.75, 3.05) is 34.4 Å². The lowest BCUT2D eigenvalue weighted by atomic mass is 9.99. The number of methoxy groups -OCH3 is 3. The molecule has 0 bridgehead atoms. The number of amides is 2. The van der Waals surface area contributed by atoms with E-state index in [0.717, 1.165) is 0 Å². The Bertz CT molecular complexity index is 609. The Hall–Kier alpha value is -2.64. The number of carboxylic acid groups (broad SMARTS) is 1. The van der Waals surface area contributed by atoms with Gasteiger partial charge >= 0.3 is 12.0 Å². The third-order valence-corrected chi connectivity index (χ3v) is 4.29. The molecule has 2 rings (SSSR count). The molecule has 2 amide bonds. The molecule has 0 radical (unpaired) electrons. The zero-order chi connectivity index (χ0) is 18.4. The van der Waals surface area contributed by atoms with Crippen LogP contribution in [0.3, 0.4) is 0 Å². The molecule has 0 spiro atoms. The molecule has 1 unspecified atom stereocenters. The lowest BCUT2D eigenvalue weighted by Gasteiger charge is -2.30. The summed E-state index contributed by atoms with van der Waals surface area (Å²) < 4.78 is 15.9. The van der Waals surface area contributed by atoms with Gasteiger partial charge in [0.2, 0.25) is 0 Å². The third kappa shape index (κ3) is 4.46. The Morgan fingerprint density at radius 1 is 1.20 bits per heavy atom. The zero-order valence-corrected chi connectivity index (χ0v) is 14.7. The summed E-state index contributed by atoms with van der Waals surface area (Å²) in [6.45, 7) is 0.966. The van der Waals surface area contributed by atoms with Crippen molar-refractivity contribution in [3.63, 3.8) is 0 Å². The van der Waals surface area contributed by atoms with Crippen LogP contribution < -0.4 is 19.5 Å². The van der Waals surface area contributed by atoms with Crippen LogP contribution in [0, 0.1) is 5.92 Å². The Balaban J connectivity index is 2.07. The van der Waals surface area contributed by atoms with Crippen molar-refractivity contribution in [2.45, 2.75) is 19.4 Å². The maximum absolute atomic E-state index is 12.4. The molecule has 1 aliphatic rings. The molecule has 1 atom stereocenters. The fraction of sp³-hybridized carbons (Fsp3) is 0.529. The van der Waals surface area contributed by atoms with Crippen LogP contribution in [0.4, 0.5) is 4.79 Å². The first kappa shape index (κ1) is 18.7. The van der Waals surface area contributed by atoms with Gasteiger partial charge in [-0.2, -0.15) is 0 Å². The summed E-state index contributed by atoms with van der Waals surface area (Å²) in [6, 6.07) is 3.13. The van der Waals surface area contributed by atoms with Gasteiger partial charge in [-0.1, -0.05) is 0 Å². The Labute approximate surface area is 146 Å². The number of hydrogen-bond donors (Lipinski definition) is 2. The predicted octanol–water partition coefficient (Wildman–Crippen LogP) is 1.72. The van der Waals surface area contributed by atoms with Crippen LogP contribution in [-0.4, -0.2) is 56.4 Å². The van der Waals surface area contributed by atoms with Crippen molar-refractivity contribution >= 4 is 12.0 Å². The molecule has 8 nitrogen and oxygen atoms in total. The van der Waals surface area contributed by atoms with E-state index < -0.39 is 11.9 Å². The van der Waals surface area contributed by atoms with E-state index in [4.69, 9.17) is 19.3 Å². The van der Waals surface area contributed by atoms with E-state index in [0.29, 0.717) is 42.2 Å². The van der Waals surface area contributed by atoms with Crippen LogP contribution in [-0.2, 0) is 11.3 Å². The third-order valence-electron chi connectivity index (χ3n) is 4.29. The molecular formula is C17H24N2O6. The second-order valence-corrected chi connectivity index (χ2v) is 5.79. The molecule has 1 saturated heterocycles. The molecule has 0 aromatic heterocycles. The van der Waals surface area contributed by atoms with E-state index in [9.17, 15) is 9.59 Å². The first-order valence-electron chi connectivity index (χ1n) is 8.04. The first-order chi connectivity index (χ1) is 12.0. The van der Waals surface area contributed by atoms with E-state index in [1.165, 1.54) is 19.1 Å². The number of carboxylic acids is 1. The molecule has 2 N–H and O–H groups in total. The zero-order valence-electron chi connectivity index (χ0n) is 14.7. The van der Waals surface area contributed by atoms with Gasteiger partial charge in [-0.15, -0.1) is 0 Å². The van der Waals surface area contributed by atoms with E-state index in [2.05, 4.69) is 5.32 Å². The van der Waals surface area contributed by atoms with Crippen molar-refractivity contribution in [3.05, 3.63) is 17.7 Å². The molecule has 1 fully saturated rings. The quantitative estimate of drug-likeness (QED) is 0.809. The molecule has 0 aliphatic carbocycles. The minimum atomic E-state index is -0.865. The summed E-state index contributed by atoms with van der Waals surface area (Å²) in [7, 11) is 4.61. The van der Waals surface area contributed by atoms with Gasteiger partial charge in [0.15, 0.2) is 0 Å². The van der Waals surface area contributed by atoms with Crippen LogP contribution in [0.5, 0.6) is 17.2 Å². The van der Waals surface area contributed by atoms with Crippen molar-refractivity contribution in [2.24, 2.45) is 5.92 Å². The molecular weight excluding hydrogens is 328 g/mol. The summed E-state index contributed by atoms with van der Waals surface area (Å²) in [5.41, 5.74) is 0.686. The number of likely N-dealkylation sites (tertiary alicyclic amines) is 1. The monoisotopic (exact) mass is 352 g/mol. The molecule has 138 valence electrons. The summed E-state index contributed by atoms with van der Waals surface area (Å²) >= 11 is 0. The summed E-state index contributed by atoms with van der Waals surface area (Å²) in [4.78, 5) is 25.0. The van der Waals surface area contributed by atoms with Crippen LogP contribution in [0.1, 0.15) is 18.4 Å².